The lowest BCUT2D eigenvalue weighted by Gasteiger charge is -2.23. The van der Waals surface area contributed by atoms with Gasteiger partial charge < -0.3 is 10.4 Å². The second-order valence-corrected chi connectivity index (χ2v) is 7.39. The maximum Gasteiger partial charge on any atom is 0.268 e. The minimum Gasteiger partial charge on any atom is -0.372 e. The molecule has 1 atom stereocenters. The Balaban J connectivity index is 1.57. The topological polar surface area (TPSA) is 69.6 Å². The third-order valence-electron chi connectivity index (χ3n) is 5.29. The first kappa shape index (κ1) is 19.8. The molecule has 0 bridgehead atoms. The molecule has 1 heterocycles. The number of carbonyl (C=O) groups excluding carboxylic acids is 2. The average Bonchev–Trinajstić information content (AvgIpc) is 2.96. The van der Waals surface area contributed by atoms with Crippen molar-refractivity contribution in [3.05, 3.63) is 101 Å². The van der Waals surface area contributed by atoms with E-state index in [1.165, 1.54) is 23.1 Å². The Bertz CT molecular complexity index is 1110. The molecule has 152 valence electrons. The van der Waals surface area contributed by atoms with Gasteiger partial charge >= 0.3 is 0 Å². The fourth-order valence-electron chi connectivity index (χ4n) is 3.69. The normalized spacial score (nSPS) is 17.7. The fraction of sp³-hybridized carbons (Fsp3) is 0.167. The van der Waals surface area contributed by atoms with Crippen molar-refractivity contribution in [1.29, 1.82) is 0 Å². The number of anilines is 1. The molecule has 3 aromatic rings. The fourth-order valence-corrected chi connectivity index (χ4v) is 3.69. The number of halogens is 1. The molecule has 1 aliphatic heterocycles. The largest absolute Gasteiger partial charge is 0.372 e. The minimum absolute atomic E-state index is 0.127. The summed E-state index contributed by atoms with van der Waals surface area (Å²) in [5, 5.41) is 14.1. The predicted octanol–water partition coefficient (Wildman–Crippen LogP) is 3.03. The highest BCUT2D eigenvalue weighted by atomic mass is 19.1. The maximum atomic E-state index is 13.8. The molecule has 2 N–H and O–H groups in total. The van der Waals surface area contributed by atoms with Gasteiger partial charge in [0.15, 0.2) is 5.60 Å². The zero-order valence-electron chi connectivity index (χ0n) is 16.4. The predicted molar refractivity (Wildman–Crippen MR) is 111 cm³/mol. The molecule has 3 aromatic carbocycles. The van der Waals surface area contributed by atoms with Crippen molar-refractivity contribution >= 4 is 17.5 Å². The number of nitrogens with one attached hydrogen (secondary N) is 1. The van der Waals surface area contributed by atoms with Crippen LogP contribution in [0.25, 0.3) is 0 Å². The van der Waals surface area contributed by atoms with E-state index >= 15 is 0 Å². The summed E-state index contributed by atoms with van der Waals surface area (Å²) in [6, 6.07) is 19.8. The van der Waals surface area contributed by atoms with E-state index in [0.29, 0.717) is 17.8 Å². The van der Waals surface area contributed by atoms with Gasteiger partial charge in [-0.2, -0.15) is 0 Å². The van der Waals surface area contributed by atoms with Crippen molar-refractivity contribution in [3.63, 3.8) is 0 Å². The van der Waals surface area contributed by atoms with Crippen molar-refractivity contribution in [2.45, 2.75) is 19.1 Å². The number of hydrogen-bond donors (Lipinski definition) is 2. The van der Waals surface area contributed by atoms with Gasteiger partial charge in [-0.05, 0) is 30.7 Å². The first-order chi connectivity index (χ1) is 14.4. The minimum atomic E-state index is -2.05. The molecule has 0 radical (unpaired) electrons. The Hall–Kier alpha value is -3.51. The maximum absolute atomic E-state index is 13.8. The van der Waals surface area contributed by atoms with E-state index < -0.39 is 17.3 Å². The van der Waals surface area contributed by atoms with Gasteiger partial charge in [0.1, 0.15) is 12.4 Å². The SMILES string of the molecule is Cc1ccc(CNC(=O)CN2C(=O)[C@](O)(c3cccc(F)c3)c3ccccc32)cc1. The van der Waals surface area contributed by atoms with E-state index in [-0.39, 0.29) is 18.0 Å². The Morgan fingerprint density at radius 2 is 1.80 bits per heavy atom. The lowest BCUT2D eigenvalue weighted by atomic mass is 9.87. The molecule has 4 rings (SSSR count). The van der Waals surface area contributed by atoms with Crippen LogP contribution >= 0.6 is 0 Å². The monoisotopic (exact) mass is 404 g/mol. The van der Waals surface area contributed by atoms with E-state index in [2.05, 4.69) is 5.32 Å². The Morgan fingerprint density at radius 3 is 2.53 bits per heavy atom. The molecule has 0 aromatic heterocycles. The second kappa shape index (κ2) is 7.72. The molecule has 5 nitrogen and oxygen atoms in total. The number of benzene rings is 3. The molecular weight excluding hydrogens is 383 g/mol. The van der Waals surface area contributed by atoms with Crippen LogP contribution in [0.2, 0.25) is 0 Å². The van der Waals surface area contributed by atoms with Crippen LogP contribution in [-0.4, -0.2) is 23.5 Å². The van der Waals surface area contributed by atoms with Gasteiger partial charge in [-0.1, -0.05) is 60.2 Å². The third kappa shape index (κ3) is 3.46. The van der Waals surface area contributed by atoms with Crippen LogP contribution in [-0.2, 0) is 21.7 Å². The Morgan fingerprint density at radius 1 is 1.07 bits per heavy atom. The van der Waals surface area contributed by atoms with Gasteiger partial charge in [0, 0.05) is 17.7 Å². The van der Waals surface area contributed by atoms with Crippen molar-refractivity contribution in [2.75, 3.05) is 11.4 Å². The van der Waals surface area contributed by atoms with Crippen LogP contribution in [0.15, 0.2) is 72.8 Å². The molecule has 6 heteroatoms. The molecule has 2 amide bonds. The van der Waals surface area contributed by atoms with E-state index in [1.54, 1.807) is 24.3 Å². The number of carbonyl (C=O) groups is 2. The van der Waals surface area contributed by atoms with Crippen LogP contribution in [0.3, 0.4) is 0 Å². The molecule has 0 spiro atoms. The number of aryl methyl sites for hydroxylation is 1. The van der Waals surface area contributed by atoms with E-state index in [4.69, 9.17) is 0 Å². The summed E-state index contributed by atoms with van der Waals surface area (Å²) >= 11 is 0. The van der Waals surface area contributed by atoms with Gasteiger partial charge in [0.05, 0.1) is 5.69 Å². The van der Waals surface area contributed by atoms with Crippen molar-refractivity contribution < 1.29 is 19.1 Å². The number of aliphatic hydroxyl groups is 1. The van der Waals surface area contributed by atoms with E-state index in [0.717, 1.165) is 17.2 Å². The number of fused-ring (bicyclic) bond motifs is 1. The first-order valence-corrected chi connectivity index (χ1v) is 9.62. The molecule has 0 saturated carbocycles. The van der Waals surface area contributed by atoms with Crippen molar-refractivity contribution in [3.8, 4) is 0 Å². The summed E-state index contributed by atoms with van der Waals surface area (Å²) in [7, 11) is 0. The number of nitrogens with zero attached hydrogens (tertiary/aromatic N) is 1. The number of para-hydroxylation sites is 1. The van der Waals surface area contributed by atoms with E-state index in [1.807, 2.05) is 31.2 Å². The molecule has 0 saturated heterocycles. The van der Waals surface area contributed by atoms with Crippen LogP contribution in [0, 0.1) is 12.7 Å². The number of rotatable bonds is 5. The van der Waals surface area contributed by atoms with Gasteiger partial charge in [-0.25, -0.2) is 4.39 Å². The average molecular weight is 404 g/mol. The summed E-state index contributed by atoms with van der Waals surface area (Å²) in [4.78, 5) is 27.0. The van der Waals surface area contributed by atoms with Crippen LogP contribution in [0.5, 0.6) is 0 Å². The number of hydrogen-bond acceptors (Lipinski definition) is 3. The highest BCUT2D eigenvalue weighted by Gasteiger charge is 2.51. The molecule has 0 unspecified atom stereocenters. The zero-order valence-corrected chi connectivity index (χ0v) is 16.4. The Labute approximate surface area is 173 Å². The summed E-state index contributed by atoms with van der Waals surface area (Å²) in [5.74, 6) is -1.59. The van der Waals surface area contributed by atoms with Crippen molar-refractivity contribution in [1.82, 2.24) is 5.32 Å². The van der Waals surface area contributed by atoms with Crippen LogP contribution in [0.1, 0.15) is 22.3 Å². The smallest absolute Gasteiger partial charge is 0.268 e. The van der Waals surface area contributed by atoms with Gasteiger partial charge in [0.25, 0.3) is 5.91 Å². The second-order valence-electron chi connectivity index (χ2n) is 7.39. The Kier molecular flexibility index (Phi) is 5.10. The third-order valence-corrected chi connectivity index (χ3v) is 5.29. The van der Waals surface area contributed by atoms with Gasteiger partial charge in [-0.3, -0.25) is 14.5 Å². The standard InChI is InChI=1S/C24H21FN2O3/c1-16-9-11-17(12-10-16)14-26-22(28)15-27-21-8-3-2-7-20(21)24(30,23(27)29)18-5-4-6-19(25)13-18/h2-13,30H,14-15H2,1H3,(H,26,28)/t24-/m0/s1. The summed E-state index contributed by atoms with van der Waals surface area (Å²) in [6.45, 7) is 2.06. The van der Waals surface area contributed by atoms with E-state index in [9.17, 15) is 19.1 Å². The van der Waals surface area contributed by atoms with Gasteiger partial charge in [0.2, 0.25) is 5.91 Å². The molecule has 30 heavy (non-hydrogen) atoms. The quantitative estimate of drug-likeness (QED) is 0.687. The zero-order chi connectivity index (χ0) is 21.3. The summed E-state index contributed by atoms with van der Waals surface area (Å²) in [5.41, 5.74) is 0.907. The highest BCUT2D eigenvalue weighted by Crippen LogP contribution is 2.44. The first-order valence-electron chi connectivity index (χ1n) is 9.62. The number of amides is 2. The van der Waals surface area contributed by atoms with Crippen LogP contribution in [0.4, 0.5) is 10.1 Å². The van der Waals surface area contributed by atoms with Gasteiger partial charge in [-0.15, -0.1) is 0 Å². The summed E-state index contributed by atoms with van der Waals surface area (Å²) in [6.07, 6.45) is 0. The molecule has 0 fully saturated rings. The van der Waals surface area contributed by atoms with Crippen LogP contribution < -0.4 is 10.2 Å². The lowest BCUT2D eigenvalue weighted by Crippen LogP contribution is -2.45. The molecule has 0 aliphatic carbocycles. The van der Waals surface area contributed by atoms with Crippen molar-refractivity contribution in [2.24, 2.45) is 0 Å². The lowest BCUT2D eigenvalue weighted by molar-refractivity contribution is -0.133. The molecular formula is C24H21FN2O3. The molecule has 1 aliphatic rings. The highest BCUT2D eigenvalue weighted by molar-refractivity contribution is 6.11. The summed E-state index contributed by atoms with van der Waals surface area (Å²) < 4.78 is 13.8.